The normalized spacial score (nSPS) is 35.3. The minimum absolute atomic E-state index is 0.829. The number of hydrogen-bond donors (Lipinski definition) is 1. The molecule has 2 atom stereocenters. The molecule has 2 unspecified atom stereocenters. The maximum Gasteiger partial charge on any atom is 0.00668 e. The molecule has 0 bridgehead atoms. The van der Waals surface area contributed by atoms with E-state index in [1.165, 1.54) is 25.7 Å². The predicted molar refractivity (Wildman–Crippen MR) is 40.5 cm³/mol. The lowest BCUT2D eigenvalue weighted by Crippen LogP contribution is -2.21. The molecule has 1 heteroatoms. The molecule has 0 aromatic heterocycles. The lowest BCUT2D eigenvalue weighted by Gasteiger charge is -2.06. The summed E-state index contributed by atoms with van der Waals surface area (Å²) >= 11 is 0. The molecule has 1 saturated carbocycles. The van der Waals surface area contributed by atoms with E-state index in [0.717, 1.165) is 12.0 Å². The summed E-state index contributed by atoms with van der Waals surface area (Å²) in [7, 11) is 2.07. The van der Waals surface area contributed by atoms with Gasteiger partial charge in [0.2, 0.25) is 0 Å². The van der Waals surface area contributed by atoms with Crippen LogP contribution in [0.2, 0.25) is 0 Å². The lowest BCUT2D eigenvalue weighted by atomic mass is 10.1. The van der Waals surface area contributed by atoms with Crippen LogP contribution in [0.15, 0.2) is 0 Å². The summed E-state index contributed by atoms with van der Waals surface area (Å²) in [6.45, 7) is 2.29. The van der Waals surface area contributed by atoms with Crippen LogP contribution in [0.3, 0.4) is 0 Å². The first kappa shape index (κ1) is 7.07. The summed E-state index contributed by atoms with van der Waals surface area (Å²) in [5.74, 6) is 1.02. The predicted octanol–water partition coefficient (Wildman–Crippen LogP) is 1.78. The summed E-state index contributed by atoms with van der Waals surface area (Å²) in [5.41, 5.74) is 0. The largest absolute Gasteiger partial charge is 0.317 e. The van der Waals surface area contributed by atoms with E-state index in [9.17, 15) is 0 Å². The highest BCUT2D eigenvalue weighted by Crippen LogP contribution is 2.27. The van der Waals surface area contributed by atoms with E-state index in [0.29, 0.717) is 0 Å². The molecule has 1 fully saturated rings. The zero-order valence-corrected chi connectivity index (χ0v) is 6.48. The fraction of sp³-hybridized carbons (Fsp3) is 1.00. The van der Waals surface area contributed by atoms with Crippen LogP contribution in [0.25, 0.3) is 0 Å². The second-order valence-corrected chi connectivity index (χ2v) is 3.07. The van der Waals surface area contributed by atoms with Crippen molar-refractivity contribution in [3.8, 4) is 0 Å². The van der Waals surface area contributed by atoms with Gasteiger partial charge in [0.05, 0.1) is 0 Å². The van der Waals surface area contributed by atoms with E-state index in [2.05, 4.69) is 19.3 Å². The van der Waals surface area contributed by atoms with Crippen molar-refractivity contribution >= 4 is 0 Å². The standard InChI is InChI=1S/C8H17N/c1-3-7-4-5-8(6-7)9-2/h7-9H,3-6H2,1-2H3. The number of rotatable bonds is 2. The van der Waals surface area contributed by atoms with Crippen LogP contribution in [-0.4, -0.2) is 13.1 Å². The van der Waals surface area contributed by atoms with Gasteiger partial charge in [0.1, 0.15) is 0 Å². The SMILES string of the molecule is CCC1CCC(NC)C1. The van der Waals surface area contributed by atoms with Gasteiger partial charge in [0.25, 0.3) is 0 Å². The molecule has 0 saturated heterocycles. The maximum absolute atomic E-state index is 3.33. The van der Waals surface area contributed by atoms with Crippen LogP contribution < -0.4 is 5.32 Å². The Morgan fingerprint density at radius 2 is 2.22 bits per heavy atom. The zero-order valence-electron chi connectivity index (χ0n) is 6.48. The number of hydrogen-bond acceptors (Lipinski definition) is 1. The minimum Gasteiger partial charge on any atom is -0.317 e. The summed E-state index contributed by atoms with van der Waals surface area (Å²) in [6, 6.07) is 0.829. The maximum atomic E-state index is 3.33. The Morgan fingerprint density at radius 3 is 2.56 bits per heavy atom. The van der Waals surface area contributed by atoms with Gasteiger partial charge in [-0.15, -0.1) is 0 Å². The van der Waals surface area contributed by atoms with Crippen LogP contribution >= 0.6 is 0 Å². The third-order valence-electron chi connectivity index (χ3n) is 2.53. The summed E-state index contributed by atoms with van der Waals surface area (Å²) in [4.78, 5) is 0. The van der Waals surface area contributed by atoms with E-state index in [1.54, 1.807) is 0 Å². The molecule has 0 spiro atoms. The van der Waals surface area contributed by atoms with Crippen LogP contribution in [0.4, 0.5) is 0 Å². The Morgan fingerprint density at radius 1 is 1.44 bits per heavy atom. The summed E-state index contributed by atoms with van der Waals surface area (Å²) in [6.07, 6.45) is 5.63. The van der Waals surface area contributed by atoms with E-state index < -0.39 is 0 Å². The highest BCUT2D eigenvalue weighted by atomic mass is 14.9. The summed E-state index contributed by atoms with van der Waals surface area (Å²) < 4.78 is 0. The van der Waals surface area contributed by atoms with Gasteiger partial charge >= 0.3 is 0 Å². The second kappa shape index (κ2) is 3.21. The fourth-order valence-electron chi connectivity index (χ4n) is 1.71. The average molecular weight is 127 g/mol. The monoisotopic (exact) mass is 127 g/mol. The van der Waals surface area contributed by atoms with Gasteiger partial charge in [-0.1, -0.05) is 13.3 Å². The Kier molecular flexibility index (Phi) is 2.52. The molecule has 0 aliphatic heterocycles. The van der Waals surface area contributed by atoms with Crippen molar-refractivity contribution in [3.05, 3.63) is 0 Å². The van der Waals surface area contributed by atoms with Crippen molar-refractivity contribution in [3.63, 3.8) is 0 Å². The van der Waals surface area contributed by atoms with E-state index >= 15 is 0 Å². The molecule has 1 aliphatic carbocycles. The van der Waals surface area contributed by atoms with E-state index in [4.69, 9.17) is 0 Å². The first-order chi connectivity index (χ1) is 4.36. The van der Waals surface area contributed by atoms with Gasteiger partial charge in [-0.05, 0) is 32.2 Å². The van der Waals surface area contributed by atoms with Crippen LogP contribution in [0.5, 0.6) is 0 Å². The molecular formula is C8H17N. The molecule has 0 amide bonds. The van der Waals surface area contributed by atoms with Crippen molar-refractivity contribution in [2.75, 3.05) is 7.05 Å². The zero-order chi connectivity index (χ0) is 6.69. The molecule has 0 aromatic carbocycles. The molecule has 1 aliphatic rings. The quantitative estimate of drug-likeness (QED) is 0.596. The molecule has 0 heterocycles. The highest BCUT2D eigenvalue weighted by Gasteiger charge is 2.20. The van der Waals surface area contributed by atoms with Gasteiger partial charge in [0.15, 0.2) is 0 Å². The van der Waals surface area contributed by atoms with Crippen molar-refractivity contribution in [1.29, 1.82) is 0 Å². The highest BCUT2D eigenvalue weighted by molar-refractivity contribution is 4.78. The van der Waals surface area contributed by atoms with Crippen molar-refractivity contribution in [1.82, 2.24) is 5.32 Å². The molecule has 0 aromatic rings. The van der Waals surface area contributed by atoms with Gasteiger partial charge in [0, 0.05) is 6.04 Å². The third kappa shape index (κ3) is 1.68. The molecule has 0 radical (unpaired) electrons. The van der Waals surface area contributed by atoms with Crippen molar-refractivity contribution < 1.29 is 0 Å². The molecule has 9 heavy (non-hydrogen) atoms. The molecule has 1 nitrogen and oxygen atoms in total. The fourth-order valence-corrected chi connectivity index (χ4v) is 1.71. The van der Waals surface area contributed by atoms with Gasteiger partial charge < -0.3 is 5.32 Å². The second-order valence-electron chi connectivity index (χ2n) is 3.07. The Labute approximate surface area is 57.8 Å². The van der Waals surface area contributed by atoms with Crippen LogP contribution in [-0.2, 0) is 0 Å². The minimum atomic E-state index is 0.829. The van der Waals surface area contributed by atoms with E-state index in [-0.39, 0.29) is 0 Å². The van der Waals surface area contributed by atoms with Crippen molar-refractivity contribution in [2.45, 2.75) is 38.6 Å². The topological polar surface area (TPSA) is 12.0 Å². The molecule has 54 valence electrons. The summed E-state index contributed by atoms with van der Waals surface area (Å²) in [5, 5.41) is 3.33. The Bertz CT molecular complexity index is 70.6. The number of nitrogens with one attached hydrogen (secondary N) is 1. The lowest BCUT2D eigenvalue weighted by molar-refractivity contribution is 0.499. The van der Waals surface area contributed by atoms with E-state index in [1.807, 2.05) is 0 Å². The van der Waals surface area contributed by atoms with Gasteiger partial charge in [-0.25, -0.2) is 0 Å². The molecule has 1 N–H and O–H groups in total. The third-order valence-corrected chi connectivity index (χ3v) is 2.53. The first-order valence-electron chi connectivity index (χ1n) is 4.04. The average Bonchev–Trinajstić information content (AvgIpc) is 2.34. The Hall–Kier alpha value is -0.0400. The van der Waals surface area contributed by atoms with Crippen molar-refractivity contribution in [2.24, 2.45) is 5.92 Å². The Balaban J connectivity index is 2.20. The smallest absolute Gasteiger partial charge is 0.00668 e. The molecule has 1 rings (SSSR count). The first-order valence-corrected chi connectivity index (χ1v) is 4.04. The van der Waals surface area contributed by atoms with Crippen LogP contribution in [0, 0.1) is 5.92 Å². The molecular weight excluding hydrogens is 110 g/mol. The van der Waals surface area contributed by atoms with Gasteiger partial charge in [-0.3, -0.25) is 0 Å². The van der Waals surface area contributed by atoms with Crippen LogP contribution in [0.1, 0.15) is 32.6 Å². The van der Waals surface area contributed by atoms with Gasteiger partial charge in [-0.2, -0.15) is 0 Å².